The fraction of sp³-hybridized carbons (Fsp3) is 0.500. The number of rotatable bonds is 3. The monoisotopic (exact) mass is 238 g/mol. The van der Waals surface area contributed by atoms with Crippen molar-refractivity contribution in [3.8, 4) is 5.75 Å². The summed E-state index contributed by atoms with van der Waals surface area (Å²) in [6, 6.07) is 3.40. The highest BCUT2D eigenvalue weighted by Gasteiger charge is 2.16. The van der Waals surface area contributed by atoms with Gasteiger partial charge < -0.3 is 9.47 Å². The van der Waals surface area contributed by atoms with Crippen molar-refractivity contribution >= 4 is 11.9 Å². The molecule has 5 nitrogen and oxygen atoms in total. The molecule has 1 rings (SSSR count). The third-order valence-electron chi connectivity index (χ3n) is 1.68. The van der Waals surface area contributed by atoms with E-state index in [2.05, 4.69) is 10.3 Å². The fourth-order valence-corrected chi connectivity index (χ4v) is 1.11. The Kier molecular flexibility index (Phi) is 4.31. The van der Waals surface area contributed by atoms with Crippen molar-refractivity contribution in [1.82, 2.24) is 4.98 Å². The fourth-order valence-electron chi connectivity index (χ4n) is 1.11. The number of anilines is 1. The summed E-state index contributed by atoms with van der Waals surface area (Å²) >= 11 is 0. The van der Waals surface area contributed by atoms with Crippen LogP contribution in [0.2, 0.25) is 0 Å². The number of carbonyl (C=O) groups is 1. The molecule has 0 aliphatic carbocycles. The second-order valence-electron chi connectivity index (χ2n) is 4.44. The molecular formula is C12H18N2O3. The average Bonchev–Trinajstić information content (AvgIpc) is 2.18. The summed E-state index contributed by atoms with van der Waals surface area (Å²) in [6.07, 6.45) is 1.03. The molecule has 0 spiro atoms. The summed E-state index contributed by atoms with van der Waals surface area (Å²) in [5, 5.41) is 2.54. The van der Waals surface area contributed by atoms with Crippen molar-refractivity contribution in [2.45, 2.75) is 33.3 Å². The van der Waals surface area contributed by atoms with Crippen LogP contribution in [0.25, 0.3) is 0 Å². The lowest BCUT2D eigenvalue weighted by molar-refractivity contribution is 0.0635. The Morgan fingerprint density at radius 2 is 2.12 bits per heavy atom. The van der Waals surface area contributed by atoms with Crippen molar-refractivity contribution in [2.24, 2.45) is 0 Å². The summed E-state index contributed by atoms with van der Waals surface area (Å²) in [5.74, 6) is 1.10. The zero-order valence-electron chi connectivity index (χ0n) is 10.6. The van der Waals surface area contributed by atoms with Gasteiger partial charge in [-0.25, -0.2) is 9.78 Å². The number of amides is 1. The number of pyridine rings is 1. The van der Waals surface area contributed by atoms with Crippen LogP contribution in [0.5, 0.6) is 5.75 Å². The molecule has 0 bridgehead atoms. The highest BCUT2D eigenvalue weighted by Crippen LogP contribution is 2.13. The molecule has 0 radical (unpaired) electrons. The predicted molar refractivity (Wildman–Crippen MR) is 65.3 cm³/mol. The van der Waals surface area contributed by atoms with E-state index in [4.69, 9.17) is 9.47 Å². The lowest BCUT2D eigenvalue weighted by Crippen LogP contribution is -2.27. The maximum Gasteiger partial charge on any atom is 0.413 e. The maximum atomic E-state index is 11.4. The Labute approximate surface area is 101 Å². The van der Waals surface area contributed by atoms with Gasteiger partial charge >= 0.3 is 6.09 Å². The van der Waals surface area contributed by atoms with Gasteiger partial charge in [-0.15, -0.1) is 0 Å². The van der Waals surface area contributed by atoms with E-state index >= 15 is 0 Å². The van der Waals surface area contributed by atoms with Gasteiger partial charge in [0.25, 0.3) is 0 Å². The third-order valence-corrected chi connectivity index (χ3v) is 1.68. The second-order valence-corrected chi connectivity index (χ2v) is 4.44. The molecular weight excluding hydrogens is 220 g/mol. The number of hydrogen-bond acceptors (Lipinski definition) is 4. The predicted octanol–water partition coefficient (Wildman–Crippen LogP) is 2.83. The zero-order chi connectivity index (χ0) is 12.9. The van der Waals surface area contributed by atoms with Crippen molar-refractivity contribution in [1.29, 1.82) is 0 Å². The average molecular weight is 238 g/mol. The molecule has 0 aliphatic heterocycles. The van der Waals surface area contributed by atoms with E-state index in [1.807, 2.05) is 6.92 Å². The molecule has 0 fully saturated rings. The summed E-state index contributed by atoms with van der Waals surface area (Å²) < 4.78 is 10.3. The topological polar surface area (TPSA) is 60.5 Å². The normalized spacial score (nSPS) is 10.8. The van der Waals surface area contributed by atoms with E-state index in [1.165, 1.54) is 0 Å². The van der Waals surface area contributed by atoms with Crippen LogP contribution >= 0.6 is 0 Å². The van der Waals surface area contributed by atoms with Crippen molar-refractivity contribution < 1.29 is 14.3 Å². The smallest absolute Gasteiger partial charge is 0.413 e. The van der Waals surface area contributed by atoms with Crippen LogP contribution in [0.15, 0.2) is 18.3 Å². The van der Waals surface area contributed by atoms with Crippen LogP contribution in [-0.2, 0) is 4.74 Å². The molecule has 0 saturated heterocycles. The molecule has 1 N–H and O–H groups in total. The Morgan fingerprint density at radius 1 is 1.41 bits per heavy atom. The largest absolute Gasteiger partial charge is 0.492 e. The van der Waals surface area contributed by atoms with Gasteiger partial charge in [-0.05, 0) is 39.8 Å². The Bertz CT molecular complexity index is 368. The summed E-state index contributed by atoms with van der Waals surface area (Å²) in [7, 11) is 0. The van der Waals surface area contributed by atoms with Gasteiger partial charge in [0.2, 0.25) is 0 Å². The number of nitrogens with zero attached hydrogens (tertiary/aromatic N) is 1. The van der Waals surface area contributed by atoms with Gasteiger partial charge in [0.15, 0.2) is 0 Å². The first kappa shape index (κ1) is 13.3. The molecule has 1 aromatic heterocycles. The molecule has 17 heavy (non-hydrogen) atoms. The van der Waals surface area contributed by atoms with Crippen LogP contribution in [-0.4, -0.2) is 23.3 Å². The third kappa shape index (κ3) is 5.19. The standard InChI is InChI=1S/C12H18N2O3/c1-5-16-9-6-7-10(13-8-9)14-11(15)17-12(2,3)4/h6-8H,5H2,1-4H3,(H,13,14,15). The number of ether oxygens (including phenoxy) is 2. The van der Waals surface area contributed by atoms with E-state index in [1.54, 1.807) is 39.1 Å². The minimum absolute atomic E-state index is 0.433. The highest BCUT2D eigenvalue weighted by molar-refractivity contribution is 5.83. The van der Waals surface area contributed by atoms with Crippen LogP contribution in [0.3, 0.4) is 0 Å². The highest BCUT2D eigenvalue weighted by atomic mass is 16.6. The molecule has 1 aromatic rings. The lowest BCUT2D eigenvalue weighted by atomic mass is 10.2. The molecule has 0 aliphatic rings. The summed E-state index contributed by atoms with van der Waals surface area (Å²) in [4.78, 5) is 15.5. The van der Waals surface area contributed by atoms with Crippen LogP contribution in [0, 0.1) is 0 Å². The molecule has 94 valence electrons. The Hall–Kier alpha value is -1.78. The first-order valence-electron chi connectivity index (χ1n) is 5.49. The molecule has 0 saturated carbocycles. The minimum Gasteiger partial charge on any atom is -0.492 e. The van der Waals surface area contributed by atoms with Crippen LogP contribution in [0.4, 0.5) is 10.6 Å². The second kappa shape index (κ2) is 5.52. The molecule has 0 atom stereocenters. The minimum atomic E-state index is -0.519. The number of hydrogen-bond donors (Lipinski definition) is 1. The Balaban J connectivity index is 2.54. The van der Waals surface area contributed by atoms with E-state index < -0.39 is 11.7 Å². The van der Waals surface area contributed by atoms with Gasteiger partial charge in [0.05, 0.1) is 12.8 Å². The summed E-state index contributed by atoms with van der Waals surface area (Å²) in [6.45, 7) is 7.89. The van der Waals surface area contributed by atoms with Gasteiger partial charge in [-0.1, -0.05) is 0 Å². The van der Waals surface area contributed by atoms with Gasteiger partial charge in [0.1, 0.15) is 17.2 Å². The quantitative estimate of drug-likeness (QED) is 0.879. The van der Waals surface area contributed by atoms with Gasteiger partial charge in [0, 0.05) is 0 Å². The molecule has 5 heteroatoms. The van der Waals surface area contributed by atoms with Crippen LogP contribution in [0.1, 0.15) is 27.7 Å². The first-order valence-corrected chi connectivity index (χ1v) is 5.49. The SMILES string of the molecule is CCOc1ccc(NC(=O)OC(C)(C)C)nc1. The Morgan fingerprint density at radius 3 is 2.59 bits per heavy atom. The van der Waals surface area contributed by atoms with Crippen molar-refractivity contribution in [3.05, 3.63) is 18.3 Å². The lowest BCUT2D eigenvalue weighted by Gasteiger charge is -2.19. The van der Waals surface area contributed by atoms with Crippen LogP contribution < -0.4 is 10.1 Å². The van der Waals surface area contributed by atoms with E-state index in [0.717, 1.165) is 0 Å². The first-order chi connectivity index (χ1) is 7.90. The van der Waals surface area contributed by atoms with E-state index in [-0.39, 0.29) is 0 Å². The van der Waals surface area contributed by atoms with Crippen molar-refractivity contribution in [2.75, 3.05) is 11.9 Å². The zero-order valence-corrected chi connectivity index (χ0v) is 10.6. The number of nitrogens with one attached hydrogen (secondary N) is 1. The van der Waals surface area contributed by atoms with E-state index in [0.29, 0.717) is 18.2 Å². The van der Waals surface area contributed by atoms with Crippen molar-refractivity contribution in [3.63, 3.8) is 0 Å². The molecule has 1 heterocycles. The van der Waals surface area contributed by atoms with E-state index in [9.17, 15) is 4.79 Å². The summed E-state index contributed by atoms with van der Waals surface area (Å²) in [5.41, 5.74) is -0.519. The molecule has 1 amide bonds. The number of carbonyl (C=O) groups excluding carboxylic acids is 1. The molecule has 0 unspecified atom stereocenters. The number of aromatic nitrogens is 1. The molecule has 0 aromatic carbocycles. The van der Waals surface area contributed by atoms with Gasteiger partial charge in [-0.3, -0.25) is 5.32 Å². The van der Waals surface area contributed by atoms with Gasteiger partial charge in [-0.2, -0.15) is 0 Å². The maximum absolute atomic E-state index is 11.4.